The highest BCUT2D eigenvalue weighted by Crippen LogP contribution is 2.27. The van der Waals surface area contributed by atoms with Gasteiger partial charge in [0.05, 0.1) is 15.6 Å². The van der Waals surface area contributed by atoms with Crippen LogP contribution < -0.4 is 5.14 Å². The fourth-order valence-corrected chi connectivity index (χ4v) is 2.31. The quantitative estimate of drug-likeness (QED) is 0.870. The van der Waals surface area contributed by atoms with Crippen molar-refractivity contribution in [1.82, 2.24) is 0 Å². The van der Waals surface area contributed by atoms with E-state index >= 15 is 0 Å². The molecular formula is C7H6Cl3NO4S. The van der Waals surface area contributed by atoms with Gasteiger partial charge in [-0.1, -0.05) is 23.2 Å². The Morgan fingerprint density at radius 1 is 1.25 bits per heavy atom. The molecule has 0 unspecified atom stereocenters. The maximum Gasteiger partial charge on any atom is 0.337 e. The molecule has 0 aliphatic carbocycles. The number of carboxylic acid groups (broad SMARTS) is 1. The highest BCUT2D eigenvalue weighted by atomic mass is 35.5. The Bertz CT molecular complexity index is 529. The predicted octanol–water partition coefficient (Wildman–Crippen LogP) is 1.76. The first-order valence-electron chi connectivity index (χ1n) is 3.48. The number of sulfonamides is 1. The van der Waals surface area contributed by atoms with Crippen LogP contribution in [-0.2, 0) is 10.0 Å². The van der Waals surface area contributed by atoms with Gasteiger partial charge < -0.3 is 5.11 Å². The van der Waals surface area contributed by atoms with E-state index in [4.69, 9.17) is 33.4 Å². The van der Waals surface area contributed by atoms with Crippen molar-refractivity contribution >= 4 is 51.6 Å². The molecule has 0 fully saturated rings. The third kappa shape index (κ3) is 3.23. The summed E-state index contributed by atoms with van der Waals surface area (Å²) in [7, 11) is -4.06. The van der Waals surface area contributed by atoms with Crippen molar-refractivity contribution in [2.75, 3.05) is 0 Å². The molecule has 0 heterocycles. The maximum atomic E-state index is 11.0. The van der Waals surface area contributed by atoms with Gasteiger partial charge in [-0.25, -0.2) is 18.4 Å². The Labute approximate surface area is 108 Å². The summed E-state index contributed by atoms with van der Waals surface area (Å²) in [5.74, 6) is -1.36. The highest BCUT2D eigenvalue weighted by molar-refractivity contribution is 7.89. The Kier molecular flexibility index (Phi) is 5.03. The average molecular weight is 307 g/mol. The molecule has 90 valence electrons. The minimum atomic E-state index is -4.06. The molecule has 0 aliphatic heterocycles. The highest BCUT2D eigenvalue weighted by Gasteiger charge is 2.19. The van der Waals surface area contributed by atoms with Crippen LogP contribution in [0.25, 0.3) is 0 Å². The molecule has 1 aromatic carbocycles. The van der Waals surface area contributed by atoms with Crippen molar-refractivity contribution in [2.45, 2.75) is 4.90 Å². The number of hydrogen-bond acceptors (Lipinski definition) is 3. The molecule has 0 spiro atoms. The van der Waals surface area contributed by atoms with Gasteiger partial charge >= 0.3 is 5.97 Å². The maximum absolute atomic E-state index is 11.0. The zero-order valence-electron chi connectivity index (χ0n) is 7.48. The summed E-state index contributed by atoms with van der Waals surface area (Å²) in [5, 5.41) is 13.1. The molecule has 0 bridgehead atoms. The van der Waals surface area contributed by atoms with Gasteiger partial charge in [-0.3, -0.25) is 0 Å². The van der Waals surface area contributed by atoms with Crippen LogP contribution >= 0.6 is 35.6 Å². The van der Waals surface area contributed by atoms with Gasteiger partial charge in [0, 0.05) is 0 Å². The molecule has 9 heteroatoms. The van der Waals surface area contributed by atoms with Gasteiger partial charge in [0.2, 0.25) is 10.0 Å². The second-order valence-electron chi connectivity index (χ2n) is 2.61. The Hall–Kier alpha value is -0.530. The van der Waals surface area contributed by atoms with Crippen molar-refractivity contribution in [3.8, 4) is 0 Å². The lowest BCUT2D eigenvalue weighted by molar-refractivity contribution is 0.0697. The van der Waals surface area contributed by atoms with Crippen LogP contribution in [0.1, 0.15) is 10.4 Å². The Balaban J connectivity index is 0.00000225. The molecule has 0 saturated heterocycles. The predicted molar refractivity (Wildman–Crippen MR) is 62.0 cm³/mol. The van der Waals surface area contributed by atoms with Crippen molar-refractivity contribution in [3.05, 3.63) is 27.7 Å². The lowest BCUT2D eigenvalue weighted by atomic mass is 10.2. The van der Waals surface area contributed by atoms with Gasteiger partial charge in [0.25, 0.3) is 0 Å². The molecule has 0 atom stereocenters. The SMILES string of the molecule is Cl.NS(=O)(=O)c1cc(C(=O)O)c(Cl)cc1Cl. The third-order valence-corrected chi connectivity index (χ3v) is 3.25. The monoisotopic (exact) mass is 305 g/mol. The van der Waals surface area contributed by atoms with Crippen LogP contribution in [0.15, 0.2) is 17.0 Å². The van der Waals surface area contributed by atoms with E-state index in [1.807, 2.05) is 0 Å². The summed E-state index contributed by atoms with van der Waals surface area (Å²) < 4.78 is 22.0. The first kappa shape index (κ1) is 15.5. The number of primary sulfonamides is 1. The molecule has 0 radical (unpaired) electrons. The van der Waals surface area contributed by atoms with Crippen molar-refractivity contribution in [1.29, 1.82) is 0 Å². The minimum absolute atomic E-state index is 0. The number of carboxylic acids is 1. The van der Waals surface area contributed by atoms with Crippen LogP contribution in [0.5, 0.6) is 0 Å². The van der Waals surface area contributed by atoms with Crippen LogP contribution in [-0.4, -0.2) is 19.5 Å². The number of rotatable bonds is 2. The van der Waals surface area contributed by atoms with Crippen molar-refractivity contribution in [3.63, 3.8) is 0 Å². The zero-order valence-corrected chi connectivity index (χ0v) is 10.6. The molecular weight excluding hydrogens is 301 g/mol. The first-order chi connectivity index (χ1) is 6.73. The largest absolute Gasteiger partial charge is 0.478 e. The van der Waals surface area contributed by atoms with E-state index in [1.165, 1.54) is 0 Å². The van der Waals surface area contributed by atoms with Crippen molar-refractivity contribution < 1.29 is 18.3 Å². The molecule has 0 amide bonds. The number of halogens is 3. The number of benzene rings is 1. The first-order valence-corrected chi connectivity index (χ1v) is 5.79. The molecule has 0 saturated carbocycles. The van der Waals surface area contributed by atoms with Crippen LogP contribution in [0.3, 0.4) is 0 Å². The van der Waals surface area contributed by atoms with E-state index in [0.29, 0.717) is 0 Å². The van der Waals surface area contributed by atoms with Gasteiger partial charge in [0.15, 0.2) is 0 Å². The van der Waals surface area contributed by atoms with Crippen LogP contribution in [0, 0.1) is 0 Å². The average Bonchev–Trinajstić information content (AvgIpc) is 2.00. The summed E-state index contributed by atoms with van der Waals surface area (Å²) in [6, 6.07) is 1.84. The van der Waals surface area contributed by atoms with Crippen LogP contribution in [0.2, 0.25) is 10.0 Å². The standard InChI is InChI=1S/C7H5Cl2NO4S.ClH/c8-4-2-5(9)6(15(10,13)14)1-3(4)7(11)12;/h1-2H,(H,11,12)(H2,10,13,14);1H. The van der Waals surface area contributed by atoms with Crippen LogP contribution in [0.4, 0.5) is 0 Å². The second kappa shape index (κ2) is 5.20. The fraction of sp³-hybridized carbons (Fsp3) is 0. The van der Waals surface area contributed by atoms with E-state index in [1.54, 1.807) is 0 Å². The lowest BCUT2D eigenvalue weighted by Gasteiger charge is -2.04. The topological polar surface area (TPSA) is 97.5 Å². The molecule has 1 rings (SSSR count). The van der Waals surface area contributed by atoms with Gasteiger partial charge in [-0.05, 0) is 12.1 Å². The minimum Gasteiger partial charge on any atom is -0.478 e. The molecule has 3 N–H and O–H groups in total. The van der Waals surface area contributed by atoms with E-state index in [9.17, 15) is 13.2 Å². The van der Waals surface area contributed by atoms with Gasteiger partial charge in [-0.15, -0.1) is 12.4 Å². The Morgan fingerprint density at radius 3 is 2.12 bits per heavy atom. The summed E-state index contributed by atoms with van der Waals surface area (Å²) >= 11 is 11.1. The van der Waals surface area contributed by atoms with Gasteiger partial charge in [-0.2, -0.15) is 0 Å². The number of nitrogens with two attached hydrogens (primary N) is 1. The smallest absolute Gasteiger partial charge is 0.337 e. The number of carbonyl (C=O) groups is 1. The zero-order chi connectivity index (χ0) is 11.8. The van der Waals surface area contributed by atoms with Gasteiger partial charge in [0.1, 0.15) is 4.90 Å². The van der Waals surface area contributed by atoms with E-state index < -0.39 is 20.9 Å². The summed E-state index contributed by atoms with van der Waals surface area (Å²) in [6.07, 6.45) is 0. The van der Waals surface area contributed by atoms with E-state index in [0.717, 1.165) is 12.1 Å². The summed E-state index contributed by atoms with van der Waals surface area (Å²) in [5.41, 5.74) is -0.370. The number of aromatic carboxylic acids is 1. The molecule has 16 heavy (non-hydrogen) atoms. The summed E-state index contributed by atoms with van der Waals surface area (Å²) in [4.78, 5) is 10.2. The summed E-state index contributed by atoms with van der Waals surface area (Å²) in [6.45, 7) is 0. The van der Waals surface area contributed by atoms with E-state index in [2.05, 4.69) is 0 Å². The van der Waals surface area contributed by atoms with E-state index in [-0.39, 0.29) is 28.0 Å². The van der Waals surface area contributed by atoms with Crippen molar-refractivity contribution in [2.24, 2.45) is 5.14 Å². The second-order valence-corrected chi connectivity index (χ2v) is 4.96. The normalized spacial score (nSPS) is 10.7. The molecule has 1 aromatic rings. The number of hydrogen-bond donors (Lipinski definition) is 2. The molecule has 0 aliphatic rings. The third-order valence-electron chi connectivity index (χ3n) is 1.56. The molecule has 0 aromatic heterocycles. The lowest BCUT2D eigenvalue weighted by Crippen LogP contribution is -2.14. The fourth-order valence-electron chi connectivity index (χ4n) is 0.911. The Morgan fingerprint density at radius 2 is 1.75 bits per heavy atom. The molecule has 5 nitrogen and oxygen atoms in total.